The van der Waals surface area contributed by atoms with Gasteiger partial charge in [0.05, 0.1) is 23.8 Å². The Morgan fingerprint density at radius 1 is 1.03 bits per heavy atom. The van der Waals surface area contributed by atoms with Gasteiger partial charge < -0.3 is 23.1 Å². The predicted molar refractivity (Wildman–Crippen MR) is 150 cm³/mol. The van der Waals surface area contributed by atoms with E-state index in [2.05, 4.69) is 33.4 Å². The minimum atomic E-state index is -1.02. The van der Waals surface area contributed by atoms with Gasteiger partial charge in [-0.05, 0) is 81.2 Å². The van der Waals surface area contributed by atoms with E-state index in [9.17, 15) is 10.1 Å². The smallest absolute Gasteiger partial charge is 0.213 e. The minimum Gasteiger partial charge on any atom is -0.491 e. The first-order chi connectivity index (χ1) is 18.2. The Morgan fingerprint density at radius 3 is 2.38 bits per heavy atom. The van der Waals surface area contributed by atoms with Gasteiger partial charge in [0.2, 0.25) is 9.04 Å². The van der Waals surface area contributed by atoms with E-state index in [0.717, 1.165) is 10.9 Å². The van der Waals surface area contributed by atoms with Gasteiger partial charge in [0.15, 0.2) is 11.6 Å². The van der Waals surface area contributed by atoms with Crippen molar-refractivity contribution in [1.82, 2.24) is 0 Å². The molecule has 1 saturated heterocycles. The van der Waals surface area contributed by atoms with Crippen molar-refractivity contribution in [2.45, 2.75) is 83.5 Å². The van der Waals surface area contributed by atoms with Crippen molar-refractivity contribution < 1.29 is 27.8 Å². The van der Waals surface area contributed by atoms with Crippen molar-refractivity contribution in [3.8, 4) is 11.8 Å². The van der Waals surface area contributed by atoms with Crippen LogP contribution in [-0.4, -0.2) is 46.0 Å². The Bertz CT molecular complexity index is 1470. The van der Waals surface area contributed by atoms with E-state index in [1.807, 2.05) is 45.9 Å². The first-order valence-corrected chi connectivity index (χ1v) is 15.2. The Labute approximate surface area is 231 Å². The summed E-state index contributed by atoms with van der Waals surface area (Å²) >= 11 is 0. The second-order valence-electron chi connectivity index (χ2n) is 12.4. The zero-order valence-corrected chi connectivity index (χ0v) is 24.9. The van der Waals surface area contributed by atoms with Gasteiger partial charge in [-0.3, -0.25) is 4.79 Å². The number of rotatable bonds is 6. The molecule has 0 amide bonds. The number of hydrogen-bond acceptors (Lipinski definition) is 7. The van der Waals surface area contributed by atoms with Crippen LogP contribution in [0.4, 0.5) is 0 Å². The number of hydrogen-bond donors (Lipinski definition) is 0. The summed E-state index contributed by atoms with van der Waals surface area (Å²) < 4.78 is 31.0. The van der Waals surface area contributed by atoms with Gasteiger partial charge in [-0.15, -0.1) is 0 Å². The molecule has 5 rings (SSSR count). The van der Waals surface area contributed by atoms with Crippen molar-refractivity contribution in [2.24, 2.45) is 0 Å². The minimum absolute atomic E-state index is 0.0863. The Kier molecular flexibility index (Phi) is 6.79. The first-order valence-electron chi connectivity index (χ1n) is 13.3. The summed E-state index contributed by atoms with van der Waals surface area (Å²) in [6.45, 7) is 17.4. The van der Waals surface area contributed by atoms with Crippen molar-refractivity contribution in [3.63, 3.8) is 0 Å². The number of fused-ring (bicyclic) bond motifs is 4. The third-order valence-corrected chi connectivity index (χ3v) is 10.5. The second kappa shape index (κ2) is 9.60. The molecule has 2 aromatic carbocycles. The van der Waals surface area contributed by atoms with E-state index in [4.69, 9.17) is 23.1 Å². The molecule has 0 spiro atoms. The molecule has 0 unspecified atom stereocenters. The van der Waals surface area contributed by atoms with Crippen LogP contribution in [0.1, 0.15) is 81.3 Å². The molecule has 0 saturated carbocycles. The van der Waals surface area contributed by atoms with E-state index >= 15 is 0 Å². The maximum atomic E-state index is 13.6. The topological polar surface area (TPSA) is 90.9 Å². The van der Waals surface area contributed by atoms with Gasteiger partial charge in [0, 0.05) is 16.4 Å². The molecule has 8 heteroatoms. The van der Waals surface area contributed by atoms with Crippen molar-refractivity contribution in [3.05, 3.63) is 64.4 Å². The fourth-order valence-corrected chi connectivity index (χ4v) is 6.06. The maximum absolute atomic E-state index is 13.6. The van der Waals surface area contributed by atoms with E-state index < -0.39 is 20.2 Å². The standard InChI is InChI=1S/C31H36NO6Si/c1-29(2,3)39(8)35-17-25-24(37-31(6,7)38-25)16-34-19-10-12-20-22(14-19)30(4,5)28-26(27(20)33)21-11-9-18(15-32)13-23(21)36-28/h9-14,24-25H,16-17H2,1-8H3/t24-,25-/m1/s1. The summed E-state index contributed by atoms with van der Waals surface area (Å²) in [6.07, 6.45) is -0.536. The molecule has 0 N–H and O–H groups in total. The monoisotopic (exact) mass is 546 g/mol. The largest absolute Gasteiger partial charge is 0.491 e. The van der Waals surface area contributed by atoms with Crippen LogP contribution < -0.4 is 4.74 Å². The highest BCUT2D eigenvalue weighted by Gasteiger charge is 2.44. The van der Waals surface area contributed by atoms with Crippen molar-refractivity contribution in [2.75, 3.05) is 13.2 Å². The Morgan fingerprint density at radius 2 is 1.72 bits per heavy atom. The van der Waals surface area contributed by atoms with Gasteiger partial charge >= 0.3 is 0 Å². The lowest BCUT2D eigenvalue weighted by Gasteiger charge is -2.31. The van der Waals surface area contributed by atoms with E-state index in [1.165, 1.54) is 0 Å². The van der Waals surface area contributed by atoms with Crippen LogP contribution in [0.5, 0.6) is 5.75 Å². The zero-order chi connectivity index (χ0) is 28.3. The fourth-order valence-electron chi connectivity index (χ4n) is 5.21. The highest BCUT2D eigenvalue weighted by Crippen LogP contribution is 2.46. The lowest BCUT2D eigenvalue weighted by molar-refractivity contribution is -0.150. The van der Waals surface area contributed by atoms with E-state index in [-0.39, 0.29) is 23.0 Å². The normalized spacial score (nSPS) is 21.6. The highest BCUT2D eigenvalue weighted by molar-refractivity contribution is 6.53. The number of furan rings is 1. The average Bonchev–Trinajstić information content (AvgIpc) is 3.40. The molecule has 1 fully saturated rings. The molecule has 7 nitrogen and oxygen atoms in total. The van der Waals surface area contributed by atoms with Crippen LogP contribution in [0.25, 0.3) is 11.0 Å². The van der Waals surface area contributed by atoms with Crippen LogP contribution in [0.3, 0.4) is 0 Å². The third kappa shape index (κ3) is 5.05. The number of ketones is 1. The van der Waals surface area contributed by atoms with Crippen LogP contribution in [-0.2, 0) is 19.3 Å². The number of ether oxygens (including phenoxy) is 3. The molecule has 1 radical (unpaired) electrons. The molecule has 2 aliphatic rings. The molecule has 0 bridgehead atoms. The Hall–Kier alpha value is -2.96. The molecular formula is C31H36NO6Si. The summed E-state index contributed by atoms with van der Waals surface area (Å²) in [6, 6.07) is 12.9. The highest BCUT2D eigenvalue weighted by atomic mass is 28.3. The number of nitrogens with zero attached hydrogens (tertiary/aromatic N) is 1. The second-order valence-corrected chi connectivity index (χ2v) is 15.3. The van der Waals surface area contributed by atoms with Gasteiger partial charge in [0.25, 0.3) is 0 Å². The lowest BCUT2D eigenvalue weighted by Crippen LogP contribution is -2.36. The summed E-state index contributed by atoms with van der Waals surface area (Å²) in [7, 11) is -1.02. The molecule has 205 valence electrons. The molecule has 2 atom stereocenters. The first kappa shape index (κ1) is 27.6. The number of carbonyl (C=O) groups is 1. The van der Waals surface area contributed by atoms with Crippen LogP contribution >= 0.6 is 0 Å². The van der Waals surface area contributed by atoms with E-state index in [0.29, 0.717) is 47.0 Å². The summed E-state index contributed by atoms with van der Waals surface area (Å²) in [4.78, 5) is 13.6. The molecule has 1 aliphatic heterocycles. The van der Waals surface area contributed by atoms with Gasteiger partial charge in [-0.25, -0.2) is 0 Å². The number of carbonyl (C=O) groups excluding carboxylic acids is 1. The zero-order valence-electron chi connectivity index (χ0n) is 23.9. The molecule has 3 aromatic rings. The van der Waals surface area contributed by atoms with Crippen LogP contribution in [0.2, 0.25) is 11.6 Å². The maximum Gasteiger partial charge on any atom is 0.213 e. The lowest BCUT2D eigenvalue weighted by atomic mass is 9.71. The third-order valence-electron chi connectivity index (χ3n) is 7.74. The summed E-state index contributed by atoms with van der Waals surface area (Å²) in [5.74, 6) is 0.433. The van der Waals surface area contributed by atoms with Gasteiger partial charge in [-0.1, -0.05) is 20.8 Å². The molecular weight excluding hydrogens is 510 g/mol. The van der Waals surface area contributed by atoms with E-state index in [1.54, 1.807) is 18.2 Å². The van der Waals surface area contributed by atoms with Crippen molar-refractivity contribution >= 4 is 25.8 Å². The van der Waals surface area contributed by atoms with Crippen LogP contribution in [0, 0.1) is 11.3 Å². The van der Waals surface area contributed by atoms with Gasteiger partial charge in [-0.2, -0.15) is 5.26 Å². The summed E-state index contributed by atoms with van der Waals surface area (Å²) in [5, 5.41) is 10.1. The van der Waals surface area contributed by atoms with Crippen LogP contribution in [0.15, 0.2) is 40.8 Å². The predicted octanol–water partition coefficient (Wildman–Crippen LogP) is 6.51. The Balaban J connectivity index is 1.37. The fraction of sp³-hybridized carbons (Fsp3) is 0.484. The number of nitriles is 1. The molecule has 1 aliphatic carbocycles. The summed E-state index contributed by atoms with van der Waals surface area (Å²) in [5.41, 5.74) is 2.48. The van der Waals surface area contributed by atoms with Crippen molar-refractivity contribution in [1.29, 1.82) is 5.26 Å². The average molecular weight is 547 g/mol. The molecule has 2 heterocycles. The molecule has 39 heavy (non-hydrogen) atoms. The molecule has 1 aromatic heterocycles. The quantitative estimate of drug-likeness (QED) is 0.325. The number of benzene rings is 2. The SMILES string of the molecule is C[Si](OC[C@H]1OC(C)(C)O[C@@H]1COc1ccc2c(c1)C(C)(C)c1oc3cc(C#N)ccc3c1C2=O)C(C)(C)C. The van der Waals surface area contributed by atoms with Gasteiger partial charge in [0.1, 0.15) is 35.9 Å².